The van der Waals surface area contributed by atoms with Gasteiger partial charge < -0.3 is 4.74 Å². The second-order valence-electron chi connectivity index (χ2n) is 7.25. The number of aromatic amines is 1. The van der Waals surface area contributed by atoms with Crippen molar-refractivity contribution < 1.29 is 9.53 Å². The minimum atomic E-state index is -0.348. The van der Waals surface area contributed by atoms with Crippen LogP contribution < -0.4 is 10.2 Å². The number of aromatic nitrogens is 2. The van der Waals surface area contributed by atoms with E-state index in [1.807, 2.05) is 24.3 Å². The molecule has 6 nitrogen and oxygen atoms in total. The zero-order valence-electron chi connectivity index (χ0n) is 16.5. The lowest BCUT2D eigenvalue weighted by Crippen LogP contribution is -2.18. The SMILES string of the molecule is COc1cccc(C=NNC(=O)c2cc(-c3ccc4c5c(cccc35)CC4)n[nH]2)c1. The fourth-order valence-electron chi connectivity index (χ4n) is 3.99. The summed E-state index contributed by atoms with van der Waals surface area (Å²) >= 11 is 0. The molecule has 1 aromatic heterocycles. The van der Waals surface area contributed by atoms with Gasteiger partial charge in [-0.1, -0.05) is 42.5 Å². The Labute approximate surface area is 173 Å². The first-order valence-electron chi connectivity index (χ1n) is 9.79. The Morgan fingerprint density at radius 1 is 1.10 bits per heavy atom. The van der Waals surface area contributed by atoms with Gasteiger partial charge in [0.25, 0.3) is 5.91 Å². The largest absolute Gasteiger partial charge is 0.497 e. The number of methoxy groups -OCH3 is 1. The molecule has 1 amide bonds. The second-order valence-corrected chi connectivity index (χ2v) is 7.25. The number of hydrogen-bond acceptors (Lipinski definition) is 4. The second kappa shape index (κ2) is 7.48. The molecule has 1 aliphatic carbocycles. The van der Waals surface area contributed by atoms with E-state index in [-0.39, 0.29) is 5.91 Å². The molecule has 30 heavy (non-hydrogen) atoms. The first kappa shape index (κ1) is 18.1. The number of carbonyl (C=O) groups is 1. The highest BCUT2D eigenvalue weighted by molar-refractivity contribution is 6.02. The van der Waals surface area contributed by atoms with Gasteiger partial charge in [-0.15, -0.1) is 0 Å². The quantitative estimate of drug-likeness (QED) is 0.394. The van der Waals surface area contributed by atoms with E-state index in [1.54, 1.807) is 19.4 Å². The maximum absolute atomic E-state index is 12.5. The van der Waals surface area contributed by atoms with E-state index >= 15 is 0 Å². The van der Waals surface area contributed by atoms with Crippen molar-refractivity contribution in [3.05, 3.63) is 83.0 Å². The van der Waals surface area contributed by atoms with Crippen LogP contribution in [0.2, 0.25) is 0 Å². The van der Waals surface area contributed by atoms with E-state index < -0.39 is 0 Å². The van der Waals surface area contributed by atoms with Gasteiger partial charge in [0.15, 0.2) is 0 Å². The Kier molecular flexibility index (Phi) is 4.52. The maximum Gasteiger partial charge on any atom is 0.289 e. The van der Waals surface area contributed by atoms with Crippen molar-refractivity contribution in [2.75, 3.05) is 7.11 Å². The molecule has 0 bridgehead atoms. The van der Waals surface area contributed by atoms with E-state index in [9.17, 15) is 4.79 Å². The highest BCUT2D eigenvalue weighted by Gasteiger charge is 2.18. The van der Waals surface area contributed by atoms with Gasteiger partial charge in [0, 0.05) is 5.56 Å². The van der Waals surface area contributed by atoms with Gasteiger partial charge in [0.05, 0.1) is 19.0 Å². The molecule has 0 saturated carbocycles. The fraction of sp³-hybridized carbons (Fsp3) is 0.125. The van der Waals surface area contributed by atoms with Gasteiger partial charge >= 0.3 is 0 Å². The molecule has 0 unspecified atom stereocenters. The predicted molar refractivity (Wildman–Crippen MR) is 117 cm³/mol. The van der Waals surface area contributed by atoms with Crippen LogP contribution in [-0.4, -0.2) is 29.4 Å². The molecular formula is C24H20N4O2. The number of benzene rings is 3. The highest BCUT2D eigenvalue weighted by Crippen LogP contribution is 2.36. The van der Waals surface area contributed by atoms with E-state index in [4.69, 9.17) is 4.74 Å². The zero-order valence-corrected chi connectivity index (χ0v) is 16.5. The summed E-state index contributed by atoms with van der Waals surface area (Å²) in [4.78, 5) is 12.5. The molecule has 148 valence electrons. The lowest BCUT2D eigenvalue weighted by atomic mass is 9.98. The molecule has 1 heterocycles. The van der Waals surface area contributed by atoms with Gasteiger partial charge in [0.2, 0.25) is 0 Å². The molecule has 0 aliphatic heterocycles. The predicted octanol–water partition coefficient (Wildman–Crippen LogP) is 4.10. The van der Waals surface area contributed by atoms with E-state index in [2.05, 4.69) is 51.1 Å². The smallest absolute Gasteiger partial charge is 0.289 e. The van der Waals surface area contributed by atoms with Crippen LogP contribution >= 0.6 is 0 Å². The third-order valence-electron chi connectivity index (χ3n) is 5.45. The van der Waals surface area contributed by atoms with Crippen molar-refractivity contribution in [1.82, 2.24) is 15.6 Å². The van der Waals surface area contributed by atoms with Crippen LogP contribution in [0.4, 0.5) is 0 Å². The summed E-state index contributed by atoms with van der Waals surface area (Å²) in [7, 11) is 1.61. The number of rotatable bonds is 5. The molecule has 0 spiro atoms. The highest BCUT2D eigenvalue weighted by atomic mass is 16.5. The Morgan fingerprint density at radius 3 is 2.80 bits per heavy atom. The molecule has 0 fully saturated rings. The van der Waals surface area contributed by atoms with Crippen LogP contribution in [0.25, 0.3) is 22.0 Å². The number of amides is 1. The van der Waals surface area contributed by atoms with Crippen molar-refractivity contribution in [1.29, 1.82) is 0 Å². The average Bonchev–Trinajstić information content (AvgIpc) is 3.43. The van der Waals surface area contributed by atoms with Crippen molar-refractivity contribution in [3.63, 3.8) is 0 Å². The van der Waals surface area contributed by atoms with Gasteiger partial charge in [-0.3, -0.25) is 9.89 Å². The molecule has 2 N–H and O–H groups in total. The van der Waals surface area contributed by atoms with Crippen LogP contribution in [0, 0.1) is 0 Å². The normalized spacial score (nSPS) is 12.6. The van der Waals surface area contributed by atoms with E-state index in [1.165, 1.54) is 21.9 Å². The molecule has 0 atom stereocenters. The third kappa shape index (κ3) is 3.22. The van der Waals surface area contributed by atoms with Crippen LogP contribution in [0.3, 0.4) is 0 Å². The van der Waals surface area contributed by atoms with Crippen LogP contribution in [0.15, 0.2) is 65.8 Å². The van der Waals surface area contributed by atoms with Crippen LogP contribution in [-0.2, 0) is 12.8 Å². The Balaban J connectivity index is 1.36. The number of aryl methyl sites for hydroxylation is 2. The average molecular weight is 396 g/mol. The Hall–Kier alpha value is -3.93. The lowest BCUT2D eigenvalue weighted by Gasteiger charge is -2.06. The fourth-order valence-corrected chi connectivity index (χ4v) is 3.99. The van der Waals surface area contributed by atoms with E-state index in [0.717, 1.165) is 35.4 Å². The number of ether oxygens (including phenoxy) is 1. The summed E-state index contributed by atoms with van der Waals surface area (Å²) in [5.74, 6) is 0.382. The monoisotopic (exact) mass is 396 g/mol. The van der Waals surface area contributed by atoms with Crippen LogP contribution in [0.5, 0.6) is 5.75 Å². The van der Waals surface area contributed by atoms with Crippen LogP contribution in [0.1, 0.15) is 27.2 Å². The maximum atomic E-state index is 12.5. The summed E-state index contributed by atoms with van der Waals surface area (Å²) in [5.41, 5.74) is 8.24. The number of nitrogens with zero attached hydrogens (tertiary/aromatic N) is 2. The van der Waals surface area contributed by atoms with Gasteiger partial charge in [-0.2, -0.15) is 10.2 Å². The number of hydrogen-bond donors (Lipinski definition) is 2. The topological polar surface area (TPSA) is 79.4 Å². The standard InChI is InChI=1S/C24H20N4O2/c1-30-18-6-2-4-15(12-18)14-25-28-24(29)22-13-21(26-27-22)19-11-10-17-9-8-16-5-3-7-20(19)23(16)17/h2-7,10-14H,8-9H2,1H3,(H,26,27)(H,28,29). The first-order valence-corrected chi connectivity index (χ1v) is 9.79. The van der Waals surface area contributed by atoms with Crippen molar-refractivity contribution >= 4 is 22.9 Å². The molecule has 1 aliphatic rings. The van der Waals surface area contributed by atoms with Gasteiger partial charge in [0.1, 0.15) is 11.4 Å². The summed E-state index contributed by atoms with van der Waals surface area (Å²) in [6.07, 6.45) is 3.73. The first-order chi connectivity index (χ1) is 14.7. The Bertz CT molecular complexity index is 1280. The minimum absolute atomic E-state index is 0.348. The summed E-state index contributed by atoms with van der Waals surface area (Å²) in [5, 5.41) is 13.7. The Morgan fingerprint density at radius 2 is 1.93 bits per heavy atom. The number of nitrogens with one attached hydrogen (secondary N) is 2. The molecule has 5 rings (SSSR count). The third-order valence-corrected chi connectivity index (χ3v) is 5.45. The summed E-state index contributed by atoms with van der Waals surface area (Å²) in [6.45, 7) is 0. The molecule has 0 saturated heterocycles. The number of carbonyl (C=O) groups excluding carboxylic acids is 1. The minimum Gasteiger partial charge on any atom is -0.497 e. The molecule has 0 radical (unpaired) electrons. The zero-order chi connectivity index (χ0) is 20.5. The van der Waals surface area contributed by atoms with Crippen molar-refractivity contribution in [2.24, 2.45) is 5.10 Å². The lowest BCUT2D eigenvalue weighted by molar-refractivity contribution is 0.0950. The van der Waals surface area contributed by atoms with Gasteiger partial charge in [-0.25, -0.2) is 5.43 Å². The van der Waals surface area contributed by atoms with Gasteiger partial charge in [-0.05, 0) is 58.5 Å². The summed E-state index contributed by atoms with van der Waals surface area (Å²) < 4.78 is 5.18. The number of H-pyrrole nitrogens is 1. The van der Waals surface area contributed by atoms with Crippen molar-refractivity contribution in [3.8, 4) is 17.0 Å². The summed E-state index contributed by atoms with van der Waals surface area (Å²) in [6, 6.07) is 19.8. The van der Waals surface area contributed by atoms with E-state index in [0.29, 0.717) is 5.69 Å². The molecular weight excluding hydrogens is 376 g/mol. The number of hydrazone groups is 1. The molecule has 3 aromatic carbocycles. The van der Waals surface area contributed by atoms with Crippen molar-refractivity contribution in [2.45, 2.75) is 12.8 Å². The molecule has 6 heteroatoms. The molecule has 4 aromatic rings.